The van der Waals surface area contributed by atoms with Crippen molar-refractivity contribution < 1.29 is 4.85 Å². The molecule has 0 saturated carbocycles. The molecule has 0 bridgehead atoms. The number of benzene rings is 1. The van der Waals surface area contributed by atoms with Crippen LogP contribution in [0.25, 0.3) is 11.0 Å². The molecule has 0 saturated heterocycles. The molecule has 3 rings (SSSR count). The molecular weight excluding hydrogens is 254 g/mol. The molecule has 1 atom stereocenters. The summed E-state index contributed by atoms with van der Waals surface area (Å²) in [6.07, 6.45) is 1.95. The summed E-state index contributed by atoms with van der Waals surface area (Å²) in [4.78, 5) is 7.06. The molecule has 6 heteroatoms. The van der Waals surface area contributed by atoms with Crippen molar-refractivity contribution in [2.24, 2.45) is 0 Å². The largest absolute Gasteiger partial charge is 0.594 e. The minimum absolute atomic E-state index is 0.452. The van der Waals surface area contributed by atoms with Crippen LogP contribution in [0.15, 0.2) is 12.1 Å². The zero-order chi connectivity index (χ0) is 14.3. The number of rotatable bonds is 3. The van der Waals surface area contributed by atoms with Crippen LogP contribution >= 0.6 is 0 Å². The fourth-order valence-corrected chi connectivity index (χ4v) is 2.66. The normalized spacial score (nSPS) is 17.4. The summed E-state index contributed by atoms with van der Waals surface area (Å²) < 4.78 is 0. The first-order valence-electron chi connectivity index (χ1n) is 6.94. The first kappa shape index (κ1) is 13.1. The SMILES string of the molecule is CCN(C)c1nc2cc3c(cc2[n+]([O-])n1)CC(NC)C3. The lowest BCUT2D eigenvalue weighted by atomic mass is 10.1. The van der Waals surface area contributed by atoms with Crippen molar-refractivity contribution in [3.63, 3.8) is 0 Å². The van der Waals surface area contributed by atoms with Gasteiger partial charge >= 0.3 is 0 Å². The van der Waals surface area contributed by atoms with Gasteiger partial charge < -0.3 is 15.4 Å². The van der Waals surface area contributed by atoms with Crippen molar-refractivity contribution >= 4 is 17.0 Å². The maximum Gasteiger partial charge on any atom is 0.293 e. The quantitative estimate of drug-likeness (QED) is 0.648. The van der Waals surface area contributed by atoms with E-state index >= 15 is 0 Å². The highest BCUT2D eigenvalue weighted by Gasteiger charge is 2.24. The Hall–Kier alpha value is -1.95. The van der Waals surface area contributed by atoms with E-state index < -0.39 is 0 Å². The van der Waals surface area contributed by atoms with Crippen LogP contribution in [0.4, 0.5) is 5.95 Å². The summed E-state index contributed by atoms with van der Waals surface area (Å²) in [5.74, 6) is 0.470. The first-order valence-corrected chi connectivity index (χ1v) is 6.94. The van der Waals surface area contributed by atoms with Crippen LogP contribution in [0, 0.1) is 5.21 Å². The van der Waals surface area contributed by atoms with Crippen LogP contribution in [-0.2, 0) is 12.8 Å². The molecule has 0 radical (unpaired) electrons. The summed E-state index contributed by atoms with van der Waals surface area (Å²) in [6, 6.07) is 4.42. The molecule has 1 unspecified atom stereocenters. The lowest BCUT2D eigenvalue weighted by Crippen LogP contribution is -2.35. The fraction of sp³-hybridized carbons (Fsp3) is 0.500. The van der Waals surface area contributed by atoms with Gasteiger partial charge in [-0.05, 0) is 48.9 Å². The van der Waals surface area contributed by atoms with E-state index in [4.69, 9.17) is 0 Å². The fourth-order valence-electron chi connectivity index (χ4n) is 2.66. The Morgan fingerprint density at radius 2 is 2.10 bits per heavy atom. The number of hydrogen-bond acceptors (Lipinski definition) is 5. The third-order valence-corrected chi connectivity index (χ3v) is 4.06. The molecule has 0 spiro atoms. The van der Waals surface area contributed by atoms with E-state index in [-0.39, 0.29) is 0 Å². The lowest BCUT2D eigenvalue weighted by Gasteiger charge is -2.13. The monoisotopic (exact) mass is 273 g/mol. The van der Waals surface area contributed by atoms with Crippen molar-refractivity contribution in [1.82, 2.24) is 15.4 Å². The van der Waals surface area contributed by atoms with E-state index in [1.807, 2.05) is 38.1 Å². The van der Waals surface area contributed by atoms with Crippen molar-refractivity contribution in [1.29, 1.82) is 0 Å². The van der Waals surface area contributed by atoms with Gasteiger partial charge in [-0.1, -0.05) is 0 Å². The van der Waals surface area contributed by atoms with Crippen LogP contribution in [0.3, 0.4) is 0 Å². The van der Waals surface area contributed by atoms with Crippen molar-refractivity contribution in [2.75, 3.05) is 25.5 Å². The van der Waals surface area contributed by atoms with E-state index in [0.29, 0.717) is 22.4 Å². The van der Waals surface area contributed by atoms with Gasteiger partial charge in [0.05, 0.1) is 5.10 Å². The molecule has 1 aliphatic rings. The highest BCUT2D eigenvalue weighted by molar-refractivity contribution is 5.74. The van der Waals surface area contributed by atoms with Gasteiger partial charge in [0.2, 0.25) is 0 Å². The van der Waals surface area contributed by atoms with Gasteiger partial charge in [-0.3, -0.25) is 0 Å². The standard InChI is InChI=1S/C14H19N5O/c1-4-18(3)14-16-12-7-9-5-11(15-2)6-10(9)8-13(12)19(20)17-14/h7-8,11,15H,4-6H2,1-3H3. The number of aromatic nitrogens is 3. The van der Waals surface area contributed by atoms with Gasteiger partial charge in [0, 0.05) is 25.7 Å². The van der Waals surface area contributed by atoms with E-state index in [1.54, 1.807) is 0 Å². The molecule has 0 aliphatic heterocycles. The Balaban J connectivity index is 2.11. The maximum absolute atomic E-state index is 12.1. The van der Waals surface area contributed by atoms with E-state index in [9.17, 15) is 5.21 Å². The van der Waals surface area contributed by atoms with Gasteiger partial charge in [-0.2, -0.15) is 0 Å². The summed E-state index contributed by atoms with van der Waals surface area (Å²) >= 11 is 0. The number of hydrogen-bond donors (Lipinski definition) is 1. The molecule has 0 amide bonds. The maximum atomic E-state index is 12.1. The number of anilines is 1. The number of likely N-dealkylation sites (N-methyl/N-ethyl adjacent to an activating group) is 1. The first-order chi connectivity index (χ1) is 9.62. The zero-order valence-corrected chi connectivity index (χ0v) is 12.1. The summed E-state index contributed by atoms with van der Waals surface area (Å²) in [5, 5.41) is 19.4. The second kappa shape index (κ2) is 4.86. The Morgan fingerprint density at radius 1 is 1.40 bits per heavy atom. The van der Waals surface area contributed by atoms with Gasteiger partial charge in [0.1, 0.15) is 5.52 Å². The predicted octanol–water partition coefficient (Wildman–Crippen LogP) is 0.406. The van der Waals surface area contributed by atoms with Crippen molar-refractivity contribution in [3.05, 3.63) is 28.5 Å². The topological polar surface area (TPSA) is 68.0 Å². The molecule has 0 fully saturated rings. The van der Waals surface area contributed by atoms with Gasteiger partial charge in [0.25, 0.3) is 11.5 Å². The minimum atomic E-state index is 0.452. The Kier molecular flexibility index (Phi) is 3.17. The molecule has 106 valence electrons. The molecule has 1 heterocycles. The molecule has 20 heavy (non-hydrogen) atoms. The summed E-state index contributed by atoms with van der Waals surface area (Å²) in [7, 11) is 3.85. The third-order valence-electron chi connectivity index (χ3n) is 4.06. The van der Waals surface area contributed by atoms with Crippen LogP contribution in [0.2, 0.25) is 0 Å². The van der Waals surface area contributed by atoms with Gasteiger partial charge in [0.15, 0.2) is 0 Å². The molecule has 1 aromatic heterocycles. The Labute approximate surface area is 118 Å². The van der Waals surface area contributed by atoms with Crippen LogP contribution in [0.1, 0.15) is 18.1 Å². The van der Waals surface area contributed by atoms with E-state index in [1.165, 1.54) is 11.1 Å². The van der Waals surface area contributed by atoms with Crippen LogP contribution in [0.5, 0.6) is 0 Å². The Morgan fingerprint density at radius 3 is 2.75 bits per heavy atom. The third kappa shape index (κ3) is 2.06. The van der Waals surface area contributed by atoms with E-state index in [2.05, 4.69) is 15.4 Å². The van der Waals surface area contributed by atoms with E-state index in [0.717, 1.165) is 24.9 Å². The number of nitrogens with zero attached hydrogens (tertiary/aromatic N) is 4. The molecular formula is C14H19N5O. The molecule has 1 N–H and O–H groups in total. The average molecular weight is 273 g/mol. The van der Waals surface area contributed by atoms with Crippen molar-refractivity contribution in [3.8, 4) is 0 Å². The van der Waals surface area contributed by atoms with Gasteiger partial charge in [-0.15, -0.1) is 0 Å². The second-order valence-corrected chi connectivity index (χ2v) is 5.30. The number of nitrogens with one attached hydrogen (secondary N) is 1. The predicted molar refractivity (Wildman–Crippen MR) is 77.7 cm³/mol. The molecule has 2 aromatic rings. The number of fused-ring (bicyclic) bond motifs is 2. The highest BCUT2D eigenvalue weighted by Crippen LogP contribution is 2.25. The summed E-state index contributed by atoms with van der Waals surface area (Å²) in [6.45, 7) is 2.77. The zero-order valence-electron chi connectivity index (χ0n) is 12.1. The smallest absolute Gasteiger partial charge is 0.293 e. The lowest BCUT2D eigenvalue weighted by molar-refractivity contribution is -0.641. The highest BCUT2D eigenvalue weighted by atomic mass is 16.5. The average Bonchev–Trinajstić information content (AvgIpc) is 2.86. The molecule has 6 nitrogen and oxygen atoms in total. The minimum Gasteiger partial charge on any atom is -0.594 e. The van der Waals surface area contributed by atoms with Crippen molar-refractivity contribution in [2.45, 2.75) is 25.8 Å². The summed E-state index contributed by atoms with van der Waals surface area (Å²) in [5.41, 5.74) is 3.77. The van der Waals surface area contributed by atoms with Gasteiger partial charge in [-0.25, -0.2) is 4.98 Å². The molecule has 1 aromatic carbocycles. The van der Waals surface area contributed by atoms with Crippen LogP contribution < -0.4 is 15.1 Å². The second-order valence-electron chi connectivity index (χ2n) is 5.30. The Bertz CT molecular complexity index is 658. The molecule has 1 aliphatic carbocycles. The van der Waals surface area contributed by atoms with Crippen LogP contribution in [-0.4, -0.2) is 36.8 Å².